The molecule has 0 radical (unpaired) electrons. The Morgan fingerprint density at radius 1 is 1.07 bits per heavy atom. The number of nitrogens with zero attached hydrogens (tertiary/aromatic N) is 1. The Kier molecular flexibility index (Phi) is 6.47. The molecule has 0 heterocycles. The highest BCUT2D eigenvalue weighted by molar-refractivity contribution is 5.83. The average Bonchev–Trinajstić information content (AvgIpc) is 2.55. The van der Waals surface area contributed by atoms with Crippen molar-refractivity contribution in [3.8, 4) is 0 Å². The van der Waals surface area contributed by atoms with Crippen molar-refractivity contribution in [3.63, 3.8) is 0 Å². The summed E-state index contributed by atoms with van der Waals surface area (Å²) in [6, 6.07) is 12.9. The lowest BCUT2D eigenvalue weighted by molar-refractivity contribution is -0.144. The molecule has 0 fully saturated rings. The summed E-state index contributed by atoms with van der Waals surface area (Å²) < 4.78 is 5.50. The number of carbonyl (C=O) groups is 2. The van der Waals surface area contributed by atoms with Crippen molar-refractivity contribution in [2.75, 3.05) is 0 Å². The summed E-state index contributed by atoms with van der Waals surface area (Å²) in [5.41, 5.74) is 0.175. The van der Waals surface area contributed by atoms with Crippen LogP contribution in [0.15, 0.2) is 42.5 Å². The molecule has 0 saturated heterocycles. The summed E-state index contributed by atoms with van der Waals surface area (Å²) in [6.07, 6.45) is -0.244. The molecule has 1 amide bonds. The number of carbonyl (C=O) groups excluding carboxylic acids is 1. The minimum atomic E-state index is -1.02. The minimum absolute atomic E-state index is 0.132. The van der Waals surface area contributed by atoms with E-state index in [1.807, 2.05) is 56.3 Å². The third-order valence-corrected chi connectivity index (χ3v) is 4.15. The quantitative estimate of drug-likeness (QED) is 0.769. The van der Waals surface area contributed by atoms with Crippen LogP contribution in [0.3, 0.4) is 0 Å². The van der Waals surface area contributed by atoms with Crippen molar-refractivity contribution in [2.24, 2.45) is 5.92 Å². The molecule has 0 spiro atoms. The zero-order valence-electron chi connectivity index (χ0n) is 16.7. The molecule has 1 N–H and O–H groups in total. The highest BCUT2D eigenvalue weighted by Gasteiger charge is 2.33. The third-order valence-electron chi connectivity index (χ3n) is 4.15. The van der Waals surface area contributed by atoms with Crippen LogP contribution in [0.4, 0.5) is 4.79 Å². The SMILES string of the molecule is CC(C)C[C@@H](C(=O)O)N(Cc1ccc2ccccc2c1)C(=O)OC(C)(C)C. The number of ether oxygens (including phenoxy) is 1. The van der Waals surface area contributed by atoms with Crippen LogP contribution in [0.2, 0.25) is 0 Å². The number of amides is 1. The molecule has 2 aromatic carbocycles. The van der Waals surface area contributed by atoms with Crippen molar-refractivity contribution in [3.05, 3.63) is 48.0 Å². The van der Waals surface area contributed by atoms with E-state index in [1.165, 1.54) is 4.90 Å². The summed E-state index contributed by atoms with van der Waals surface area (Å²) in [6.45, 7) is 9.40. The van der Waals surface area contributed by atoms with E-state index in [1.54, 1.807) is 20.8 Å². The first-order valence-electron chi connectivity index (χ1n) is 9.27. The standard InChI is InChI=1S/C22H29NO4/c1-15(2)12-19(20(24)25)23(21(26)27-22(3,4)5)14-16-10-11-17-8-6-7-9-18(17)13-16/h6-11,13,15,19H,12,14H2,1-5H3,(H,24,25)/t19-/m0/s1. The molecule has 2 rings (SSSR count). The van der Waals surface area contributed by atoms with E-state index in [4.69, 9.17) is 4.74 Å². The van der Waals surface area contributed by atoms with E-state index >= 15 is 0 Å². The van der Waals surface area contributed by atoms with E-state index in [9.17, 15) is 14.7 Å². The molecule has 2 aromatic rings. The Morgan fingerprint density at radius 3 is 2.26 bits per heavy atom. The molecule has 146 valence electrons. The van der Waals surface area contributed by atoms with Gasteiger partial charge in [0.1, 0.15) is 11.6 Å². The van der Waals surface area contributed by atoms with Gasteiger partial charge in [0.05, 0.1) is 0 Å². The van der Waals surface area contributed by atoms with Gasteiger partial charge in [-0.05, 0) is 55.5 Å². The van der Waals surface area contributed by atoms with Crippen molar-refractivity contribution in [2.45, 2.75) is 59.2 Å². The number of aliphatic carboxylic acids is 1. The van der Waals surface area contributed by atoms with Crippen molar-refractivity contribution < 1.29 is 19.4 Å². The predicted molar refractivity (Wildman–Crippen MR) is 107 cm³/mol. The second-order valence-electron chi connectivity index (χ2n) is 8.27. The smallest absolute Gasteiger partial charge is 0.411 e. The molecule has 0 bridgehead atoms. The molecule has 0 aliphatic carbocycles. The summed E-state index contributed by atoms with van der Waals surface area (Å²) in [7, 11) is 0. The van der Waals surface area contributed by atoms with Gasteiger partial charge in [0.2, 0.25) is 0 Å². The molecule has 0 saturated carbocycles. The molecule has 1 atom stereocenters. The first kappa shape index (κ1) is 20.7. The van der Waals surface area contributed by atoms with Gasteiger partial charge in [-0.25, -0.2) is 9.59 Å². The second-order valence-corrected chi connectivity index (χ2v) is 8.27. The molecule has 27 heavy (non-hydrogen) atoms. The number of carboxylic acid groups (broad SMARTS) is 1. The van der Waals surface area contributed by atoms with Gasteiger partial charge in [0.25, 0.3) is 0 Å². The lowest BCUT2D eigenvalue weighted by atomic mass is 10.0. The van der Waals surface area contributed by atoms with Crippen molar-refractivity contribution in [1.29, 1.82) is 0 Å². The molecule has 0 aromatic heterocycles. The van der Waals surface area contributed by atoms with Crippen LogP contribution < -0.4 is 0 Å². The van der Waals surface area contributed by atoms with Crippen LogP contribution in [0.1, 0.15) is 46.6 Å². The normalized spacial score (nSPS) is 12.8. The van der Waals surface area contributed by atoms with Crippen LogP contribution in [0.25, 0.3) is 10.8 Å². The Morgan fingerprint density at radius 2 is 1.70 bits per heavy atom. The van der Waals surface area contributed by atoms with Gasteiger partial charge in [0.15, 0.2) is 0 Å². The third kappa shape index (κ3) is 5.98. The summed E-state index contributed by atoms with van der Waals surface area (Å²) in [5.74, 6) is -0.886. The first-order chi connectivity index (χ1) is 12.6. The van der Waals surface area contributed by atoms with E-state index in [2.05, 4.69) is 0 Å². The molecule has 0 aliphatic heterocycles. The van der Waals surface area contributed by atoms with Crippen LogP contribution in [0, 0.1) is 5.92 Å². The van der Waals surface area contributed by atoms with Gasteiger partial charge in [-0.1, -0.05) is 50.2 Å². The summed E-state index contributed by atoms with van der Waals surface area (Å²) in [4.78, 5) is 26.0. The summed E-state index contributed by atoms with van der Waals surface area (Å²) in [5, 5.41) is 11.9. The maximum absolute atomic E-state index is 12.8. The monoisotopic (exact) mass is 371 g/mol. The molecule has 5 heteroatoms. The number of hydrogen-bond acceptors (Lipinski definition) is 3. The average molecular weight is 371 g/mol. The Balaban J connectivity index is 2.36. The Labute approximate surface area is 160 Å². The Bertz CT molecular complexity index is 807. The number of benzene rings is 2. The first-order valence-corrected chi connectivity index (χ1v) is 9.27. The minimum Gasteiger partial charge on any atom is -0.480 e. The maximum Gasteiger partial charge on any atom is 0.411 e. The van der Waals surface area contributed by atoms with Crippen molar-refractivity contribution >= 4 is 22.8 Å². The highest BCUT2D eigenvalue weighted by Crippen LogP contribution is 2.22. The van der Waals surface area contributed by atoms with Crippen LogP contribution >= 0.6 is 0 Å². The van der Waals surface area contributed by atoms with Gasteiger partial charge in [-0.3, -0.25) is 4.90 Å². The lowest BCUT2D eigenvalue weighted by Crippen LogP contribution is -2.47. The number of rotatable bonds is 6. The number of hydrogen-bond donors (Lipinski definition) is 1. The van der Waals surface area contributed by atoms with E-state index < -0.39 is 23.7 Å². The number of carboxylic acids is 1. The van der Waals surface area contributed by atoms with Gasteiger partial charge in [0, 0.05) is 6.54 Å². The van der Waals surface area contributed by atoms with E-state index in [0.29, 0.717) is 6.42 Å². The van der Waals surface area contributed by atoms with Crippen LogP contribution in [-0.4, -0.2) is 33.7 Å². The van der Waals surface area contributed by atoms with E-state index in [-0.39, 0.29) is 12.5 Å². The van der Waals surface area contributed by atoms with Gasteiger partial charge in [-0.2, -0.15) is 0 Å². The van der Waals surface area contributed by atoms with E-state index in [0.717, 1.165) is 16.3 Å². The van der Waals surface area contributed by atoms with Gasteiger partial charge in [-0.15, -0.1) is 0 Å². The number of fused-ring (bicyclic) bond motifs is 1. The largest absolute Gasteiger partial charge is 0.480 e. The van der Waals surface area contributed by atoms with Crippen LogP contribution in [-0.2, 0) is 16.1 Å². The molecular weight excluding hydrogens is 342 g/mol. The van der Waals surface area contributed by atoms with Crippen molar-refractivity contribution in [1.82, 2.24) is 4.90 Å². The fraction of sp³-hybridized carbons (Fsp3) is 0.455. The topological polar surface area (TPSA) is 66.8 Å². The fourth-order valence-corrected chi connectivity index (χ4v) is 2.96. The summed E-state index contributed by atoms with van der Waals surface area (Å²) >= 11 is 0. The fourth-order valence-electron chi connectivity index (χ4n) is 2.96. The predicted octanol–water partition coefficient (Wildman–Crippen LogP) is 5.08. The zero-order chi connectivity index (χ0) is 20.2. The highest BCUT2D eigenvalue weighted by atomic mass is 16.6. The Hall–Kier alpha value is -2.56. The lowest BCUT2D eigenvalue weighted by Gasteiger charge is -2.32. The van der Waals surface area contributed by atoms with Crippen LogP contribution in [0.5, 0.6) is 0 Å². The molecule has 0 aliphatic rings. The molecule has 0 unspecified atom stereocenters. The molecule has 5 nitrogen and oxygen atoms in total. The van der Waals surface area contributed by atoms with Gasteiger partial charge >= 0.3 is 12.1 Å². The van der Waals surface area contributed by atoms with Gasteiger partial charge < -0.3 is 9.84 Å². The second kappa shape index (κ2) is 8.42. The maximum atomic E-state index is 12.8. The zero-order valence-corrected chi connectivity index (χ0v) is 16.7. The molecular formula is C22H29NO4.